The third kappa shape index (κ3) is 3.39. The first-order chi connectivity index (χ1) is 12.1. The van der Waals surface area contributed by atoms with Crippen LogP contribution in [0.3, 0.4) is 0 Å². The molecular weight excluding hydrogens is 340 g/mol. The monoisotopic (exact) mass is 358 g/mol. The van der Waals surface area contributed by atoms with Crippen molar-refractivity contribution in [1.29, 1.82) is 0 Å². The van der Waals surface area contributed by atoms with Crippen LogP contribution in [0.1, 0.15) is 37.9 Å². The average Bonchev–Trinajstić information content (AvgIpc) is 3.22. The standard InChI is InChI=1S/C17H18N4O3S/c1-10(22)18-12-3-2-4-13(9-12)21-15(11-5-6-11)19-20-17(21)25-14-7-8-24-16(14)23/h2-4,9,11,14H,5-8H2,1H3,(H,18,22)/t14-/m0/s1. The topological polar surface area (TPSA) is 86.1 Å². The summed E-state index contributed by atoms with van der Waals surface area (Å²) in [5, 5.41) is 11.9. The lowest BCUT2D eigenvalue weighted by molar-refractivity contribution is -0.137. The molecule has 0 spiro atoms. The zero-order valence-electron chi connectivity index (χ0n) is 13.8. The van der Waals surface area contributed by atoms with Gasteiger partial charge in [0.1, 0.15) is 11.1 Å². The fourth-order valence-corrected chi connectivity index (χ4v) is 3.87. The summed E-state index contributed by atoms with van der Waals surface area (Å²) in [6.07, 6.45) is 2.88. The van der Waals surface area contributed by atoms with Gasteiger partial charge >= 0.3 is 5.97 Å². The molecule has 7 nitrogen and oxygen atoms in total. The van der Waals surface area contributed by atoms with Gasteiger partial charge in [-0.1, -0.05) is 17.8 Å². The van der Waals surface area contributed by atoms with Gasteiger partial charge in [-0.15, -0.1) is 10.2 Å². The van der Waals surface area contributed by atoms with Crippen LogP contribution in [-0.2, 0) is 14.3 Å². The van der Waals surface area contributed by atoms with Gasteiger partial charge in [0.15, 0.2) is 5.16 Å². The van der Waals surface area contributed by atoms with Gasteiger partial charge in [-0.2, -0.15) is 0 Å². The van der Waals surface area contributed by atoms with Crippen LogP contribution in [0.25, 0.3) is 5.69 Å². The highest BCUT2D eigenvalue weighted by Crippen LogP contribution is 2.42. The molecule has 2 aromatic rings. The summed E-state index contributed by atoms with van der Waals surface area (Å²) in [6, 6.07) is 7.58. The Morgan fingerprint density at radius 3 is 2.84 bits per heavy atom. The number of amides is 1. The minimum atomic E-state index is -0.242. The van der Waals surface area contributed by atoms with Crippen molar-refractivity contribution < 1.29 is 14.3 Å². The number of esters is 1. The average molecular weight is 358 g/mol. The number of benzene rings is 1. The molecule has 4 rings (SSSR count). The number of hydrogen-bond donors (Lipinski definition) is 1. The lowest BCUT2D eigenvalue weighted by Gasteiger charge is -2.12. The normalized spacial score (nSPS) is 19.7. The maximum atomic E-state index is 11.8. The number of nitrogens with one attached hydrogen (secondary N) is 1. The van der Waals surface area contributed by atoms with Crippen LogP contribution in [0.5, 0.6) is 0 Å². The van der Waals surface area contributed by atoms with Gasteiger partial charge in [0, 0.05) is 24.9 Å². The van der Waals surface area contributed by atoms with Gasteiger partial charge in [-0.25, -0.2) is 0 Å². The number of rotatable bonds is 5. The van der Waals surface area contributed by atoms with E-state index in [2.05, 4.69) is 15.5 Å². The molecule has 1 saturated heterocycles. The Balaban J connectivity index is 1.70. The number of ether oxygens (including phenoxy) is 1. The number of aromatic nitrogens is 3. The van der Waals surface area contributed by atoms with E-state index in [9.17, 15) is 9.59 Å². The molecule has 1 aromatic heterocycles. The van der Waals surface area contributed by atoms with Crippen molar-refractivity contribution in [1.82, 2.24) is 14.8 Å². The van der Waals surface area contributed by atoms with E-state index >= 15 is 0 Å². The van der Waals surface area contributed by atoms with Crippen LogP contribution in [0.15, 0.2) is 29.4 Å². The van der Waals surface area contributed by atoms with Crippen LogP contribution in [0.2, 0.25) is 0 Å². The summed E-state index contributed by atoms with van der Waals surface area (Å²) in [4.78, 5) is 23.1. The van der Waals surface area contributed by atoms with E-state index in [-0.39, 0.29) is 17.1 Å². The highest BCUT2D eigenvalue weighted by atomic mass is 32.2. The van der Waals surface area contributed by atoms with Gasteiger partial charge in [0.2, 0.25) is 5.91 Å². The molecule has 2 aliphatic rings. The molecule has 25 heavy (non-hydrogen) atoms. The molecule has 1 amide bonds. The lowest BCUT2D eigenvalue weighted by Crippen LogP contribution is -2.12. The highest BCUT2D eigenvalue weighted by Gasteiger charge is 2.34. The summed E-state index contributed by atoms with van der Waals surface area (Å²) in [5.41, 5.74) is 1.60. The molecule has 1 aliphatic heterocycles. The largest absolute Gasteiger partial charge is 0.465 e. The fourth-order valence-electron chi connectivity index (χ4n) is 2.84. The molecule has 2 fully saturated rings. The van der Waals surface area contributed by atoms with Crippen LogP contribution in [0, 0.1) is 0 Å². The third-order valence-electron chi connectivity index (χ3n) is 4.16. The number of hydrogen-bond acceptors (Lipinski definition) is 6. The second kappa shape index (κ2) is 6.51. The first-order valence-corrected chi connectivity index (χ1v) is 9.16. The maximum absolute atomic E-state index is 11.8. The van der Waals surface area contributed by atoms with Crippen molar-refractivity contribution in [2.75, 3.05) is 11.9 Å². The van der Waals surface area contributed by atoms with Gasteiger partial charge < -0.3 is 10.1 Å². The zero-order chi connectivity index (χ0) is 17.4. The van der Waals surface area contributed by atoms with Gasteiger partial charge in [0.25, 0.3) is 0 Å². The Labute approximate surface area is 149 Å². The predicted octanol–water partition coefficient (Wildman–Crippen LogP) is 2.51. The molecule has 1 aliphatic carbocycles. The molecule has 1 aromatic carbocycles. The van der Waals surface area contributed by atoms with E-state index in [0.29, 0.717) is 24.1 Å². The second-order valence-electron chi connectivity index (χ2n) is 6.24. The summed E-state index contributed by atoms with van der Waals surface area (Å²) in [5.74, 6) is 1.00. The number of carbonyl (C=O) groups is 2. The molecule has 1 atom stereocenters. The Kier molecular flexibility index (Phi) is 4.20. The van der Waals surface area contributed by atoms with E-state index in [4.69, 9.17) is 4.74 Å². The summed E-state index contributed by atoms with van der Waals surface area (Å²) in [7, 11) is 0. The fraction of sp³-hybridized carbons (Fsp3) is 0.412. The Bertz CT molecular complexity index is 831. The number of nitrogens with zero attached hydrogens (tertiary/aromatic N) is 3. The SMILES string of the molecule is CC(=O)Nc1cccc(-n2c(S[C@H]3CCOC3=O)nnc2C2CC2)c1. The Morgan fingerprint density at radius 2 is 2.16 bits per heavy atom. The molecule has 2 heterocycles. The number of anilines is 1. The number of cyclic esters (lactones) is 1. The maximum Gasteiger partial charge on any atom is 0.319 e. The van der Waals surface area contributed by atoms with Crippen molar-refractivity contribution in [2.45, 2.75) is 42.5 Å². The van der Waals surface area contributed by atoms with Crippen LogP contribution in [-0.4, -0.2) is 38.5 Å². The zero-order valence-corrected chi connectivity index (χ0v) is 14.6. The third-order valence-corrected chi connectivity index (χ3v) is 5.35. The Morgan fingerprint density at radius 1 is 1.32 bits per heavy atom. The van der Waals surface area contributed by atoms with Crippen LogP contribution in [0.4, 0.5) is 5.69 Å². The van der Waals surface area contributed by atoms with Gasteiger partial charge in [-0.3, -0.25) is 14.2 Å². The number of thioether (sulfide) groups is 1. The smallest absolute Gasteiger partial charge is 0.319 e. The van der Waals surface area contributed by atoms with E-state index in [1.807, 2.05) is 28.8 Å². The molecule has 1 saturated carbocycles. The molecule has 0 unspecified atom stereocenters. The van der Waals surface area contributed by atoms with Crippen molar-refractivity contribution in [3.63, 3.8) is 0 Å². The molecule has 1 N–H and O–H groups in total. The van der Waals surface area contributed by atoms with Crippen molar-refractivity contribution in [3.8, 4) is 5.69 Å². The van der Waals surface area contributed by atoms with E-state index in [1.165, 1.54) is 18.7 Å². The molecular formula is C17H18N4O3S. The van der Waals surface area contributed by atoms with Crippen LogP contribution >= 0.6 is 11.8 Å². The minimum Gasteiger partial charge on any atom is -0.465 e. The van der Waals surface area contributed by atoms with Gasteiger partial charge in [-0.05, 0) is 31.0 Å². The van der Waals surface area contributed by atoms with Gasteiger partial charge in [0.05, 0.1) is 12.3 Å². The first-order valence-electron chi connectivity index (χ1n) is 8.28. The lowest BCUT2D eigenvalue weighted by atomic mass is 10.2. The predicted molar refractivity (Wildman–Crippen MR) is 92.9 cm³/mol. The number of carbonyl (C=O) groups excluding carboxylic acids is 2. The summed E-state index contributed by atoms with van der Waals surface area (Å²) < 4.78 is 7.05. The van der Waals surface area contributed by atoms with Crippen molar-refractivity contribution in [3.05, 3.63) is 30.1 Å². The Hall–Kier alpha value is -2.35. The quantitative estimate of drug-likeness (QED) is 0.827. The summed E-state index contributed by atoms with van der Waals surface area (Å²) in [6.45, 7) is 1.94. The molecule has 130 valence electrons. The van der Waals surface area contributed by atoms with Crippen molar-refractivity contribution >= 4 is 29.3 Å². The van der Waals surface area contributed by atoms with Crippen molar-refractivity contribution in [2.24, 2.45) is 0 Å². The highest BCUT2D eigenvalue weighted by molar-refractivity contribution is 8.00. The minimum absolute atomic E-state index is 0.119. The summed E-state index contributed by atoms with van der Waals surface area (Å²) >= 11 is 1.39. The van der Waals surface area contributed by atoms with Crippen LogP contribution < -0.4 is 5.32 Å². The van der Waals surface area contributed by atoms with E-state index in [0.717, 1.165) is 30.0 Å². The molecule has 0 bridgehead atoms. The van der Waals surface area contributed by atoms with E-state index < -0.39 is 0 Å². The van der Waals surface area contributed by atoms with E-state index in [1.54, 1.807) is 0 Å². The molecule has 8 heteroatoms. The first kappa shape index (κ1) is 16.1. The second-order valence-corrected chi connectivity index (χ2v) is 7.41. The molecule has 0 radical (unpaired) electrons.